The minimum absolute atomic E-state index is 0.160. The van der Waals surface area contributed by atoms with Crippen molar-refractivity contribution in [1.29, 1.82) is 0 Å². The van der Waals surface area contributed by atoms with Crippen molar-refractivity contribution in [1.82, 2.24) is 5.32 Å². The summed E-state index contributed by atoms with van der Waals surface area (Å²) >= 11 is 12.6. The molecule has 1 amide bonds. The van der Waals surface area contributed by atoms with Crippen LogP contribution >= 0.6 is 23.2 Å². The van der Waals surface area contributed by atoms with Gasteiger partial charge in [0.2, 0.25) is 0 Å². The number of hydrogen-bond acceptors (Lipinski definition) is 3. The van der Waals surface area contributed by atoms with Crippen LogP contribution in [0, 0.1) is 0 Å². The second-order valence-electron chi connectivity index (χ2n) is 5.82. The van der Waals surface area contributed by atoms with Crippen LogP contribution in [0.2, 0.25) is 10.0 Å². The number of benzene rings is 2. The number of nitrogens with one attached hydrogen (secondary N) is 1. The number of fused-ring (bicyclic) bond motifs is 2. The second kappa shape index (κ2) is 6.30. The van der Waals surface area contributed by atoms with E-state index in [0.717, 1.165) is 28.0 Å². The predicted molar refractivity (Wildman–Crippen MR) is 99.3 cm³/mol. The summed E-state index contributed by atoms with van der Waals surface area (Å²) in [5.41, 5.74) is 4.66. The molecule has 1 N–H and O–H groups in total. The standard InChI is InChI=1S/C19H14Cl2N2O2/c1-25-19-16-11-7-6-10(20)8-13(11)17(12-4-2-3-5-15(12)21)22-9-14(16)18(24)23-19/h2-8,19H,9H2,1H3,(H,23,24). The van der Waals surface area contributed by atoms with Crippen LogP contribution in [0.3, 0.4) is 0 Å². The lowest BCUT2D eigenvalue weighted by Crippen LogP contribution is -2.30. The van der Waals surface area contributed by atoms with Crippen LogP contribution < -0.4 is 5.32 Å². The first kappa shape index (κ1) is 16.3. The molecular weight excluding hydrogens is 359 g/mol. The Kier molecular flexibility index (Phi) is 4.12. The first-order chi connectivity index (χ1) is 12.1. The minimum Gasteiger partial charge on any atom is -0.357 e. The average Bonchev–Trinajstić information content (AvgIpc) is 2.82. The molecule has 2 aromatic rings. The molecule has 1 atom stereocenters. The Hall–Kier alpha value is -2.14. The summed E-state index contributed by atoms with van der Waals surface area (Å²) < 4.78 is 5.46. The molecule has 1 unspecified atom stereocenters. The van der Waals surface area contributed by atoms with Crippen LogP contribution in [0.15, 0.2) is 53.0 Å². The number of methoxy groups -OCH3 is 1. The third kappa shape index (κ3) is 2.67. The first-order valence-electron chi connectivity index (χ1n) is 7.76. The minimum atomic E-state index is -0.497. The first-order valence-corrected chi connectivity index (χ1v) is 8.52. The molecule has 126 valence electrons. The summed E-state index contributed by atoms with van der Waals surface area (Å²) in [6, 6.07) is 13.1. The Labute approximate surface area is 155 Å². The van der Waals surface area contributed by atoms with Crippen molar-refractivity contribution in [2.24, 2.45) is 4.99 Å². The Morgan fingerprint density at radius 2 is 1.92 bits per heavy atom. The quantitative estimate of drug-likeness (QED) is 0.873. The van der Waals surface area contributed by atoms with E-state index in [-0.39, 0.29) is 12.5 Å². The zero-order valence-corrected chi connectivity index (χ0v) is 14.9. The van der Waals surface area contributed by atoms with Crippen LogP contribution in [0.4, 0.5) is 0 Å². The number of carbonyl (C=O) groups excluding carboxylic acids is 1. The molecule has 0 saturated carbocycles. The maximum Gasteiger partial charge on any atom is 0.251 e. The lowest BCUT2D eigenvalue weighted by atomic mass is 9.92. The van der Waals surface area contributed by atoms with Crippen molar-refractivity contribution < 1.29 is 9.53 Å². The van der Waals surface area contributed by atoms with Gasteiger partial charge in [0.15, 0.2) is 6.23 Å². The lowest BCUT2D eigenvalue weighted by Gasteiger charge is -2.18. The fourth-order valence-corrected chi connectivity index (χ4v) is 3.67. The van der Waals surface area contributed by atoms with Gasteiger partial charge in [-0.05, 0) is 23.8 Å². The molecule has 0 bridgehead atoms. The molecule has 2 aromatic carbocycles. The zero-order chi connectivity index (χ0) is 17.6. The van der Waals surface area contributed by atoms with Gasteiger partial charge in [-0.3, -0.25) is 9.79 Å². The third-order valence-electron chi connectivity index (χ3n) is 4.41. The van der Waals surface area contributed by atoms with Crippen molar-refractivity contribution in [3.63, 3.8) is 0 Å². The van der Waals surface area contributed by atoms with Gasteiger partial charge >= 0.3 is 0 Å². The van der Waals surface area contributed by atoms with Gasteiger partial charge in [0.25, 0.3) is 5.91 Å². The van der Waals surface area contributed by atoms with Gasteiger partial charge in [0, 0.05) is 39.4 Å². The molecule has 25 heavy (non-hydrogen) atoms. The van der Waals surface area contributed by atoms with Gasteiger partial charge in [-0.25, -0.2) is 0 Å². The van der Waals surface area contributed by atoms with E-state index in [4.69, 9.17) is 32.9 Å². The summed E-state index contributed by atoms with van der Waals surface area (Å²) in [5.74, 6) is -0.160. The van der Waals surface area contributed by atoms with Crippen LogP contribution in [-0.4, -0.2) is 31.5 Å². The molecule has 0 radical (unpaired) electrons. The summed E-state index contributed by atoms with van der Waals surface area (Å²) in [4.78, 5) is 17.0. The number of hydrogen-bond donors (Lipinski definition) is 1. The number of carbonyl (C=O) groups is 1. The highest BCUT2D eigenvalue weighted by Gasteiger charge is 2.35. The maximum absolute atomic E-state index is 12.3. The molecule has 6 heteroatoms. The van der Waals surface area contributed by atoms with E-state index in [0.29, 0.717) is 15.6 Å². The molecule has 2 heterocycles. The molecule has 0 fully saturated rings. The summed E-state index contributed by atoms with van der Waals surface area (Å²) in [7, 11) is 1.57. The lowest BCUT2D eigenvalue weighted by molar-refractivity contribution is -0.118. The number of aliphatic imine (C=N–C) groups is 1. The molecule has 0 aromatic heterocycles. The van der Waals surface area contributed by atoms with E-state index in [2.05, 4.69) is 5.32 Å². The predicted octanol–water partition coefficient (Wildman–Crippen LogP) is 3.70. The molecule has 0 saturated heterocycles. The highest BCUT2D eigenvalue weighted by molar-refractivity contribution is 6.36. The average molecular weight is 373 g/mol. The van der Waals surface area contributed by atoms with Crippen molar-refractivity contribution in [3.8, 4) is 0 Å². The molecule has 0 spiro atoms. The van der Waals surface area contributed by atoms with Gasteiger partial charge in [0.1, 0.15) is 0 Å². The van der Waals surface area contributed by atoms with Gasteiger partial charge in [-0.2, -0.15) is 0 Å². The fraction of sp³-hybridized carbons (Fsp3) is 0.158. The van der Waals surface area contributed by atoms with Crippen LogP contribution in [0.25, 0.3) is 5.57 Å². The van der Waals surface area contributed by atoms with Crippen molar-refractivity contribution in [3.05, 3.63) is 74.8 Å². The highest BCUT2D eigenvalue weighted by atomic mass is 35.5. The van der Waals surface area contributed by atoms with Crippen molar-refractivity contribution >= 4 is 40.4 Å². The second-order valence-corrected chi connectivity index (χ2v) is 6.66. The third-order valence-corrected chi connectivity index (χ3v) is 4.98. The van der Waals surface area contributed by atoms with Gasteiger partial charge < -0.3 is 10.1 Å². The molecule has 2 aliphatic rings. The fourth-order valence-electron chi connectivity index (χ4n) is 3.27. The highest BCUT2D eigenvalue weighted by Crippen LogP contribution is 2.36. The van der Waals surface area contributed by atoms with Crippen molar-refractivity contribution in [2.45, 2.75) is 6.23 Å². The van der Waals surface area contributed by atoms with Crippen LogP contribution in [0.5, 0.6) is 0 Å². The molecule has 2 aliphatic heterocycles. The van der Waals surface area contributed by atoms with Gasteiger partial charge in [-0.15, -0.1) is 0 Å². The van der Waals surface area contributed by atoms with E-state index >= 15 is 0 Å². The smallest absolute Gasteiger partial charge is 0.251 e. The summed E-state index contributed by atoms with van der Waals surface area (Å²) in [5, 5.41) is 4.02. The number of ether oxygens (including phenoxy) is 1. The van der Waals surface area contributed by atoms with Crippen molar-refractivity contribution in [2.75, 3.05) is 13.7 Å². The van der Waals surface area contributed by atoms with E-state index in [1.54, 1.807) is 13.2 Å². The summed E-state index contributed by atoms with van der Waals surface area (Å²) in [6.07, 6.45) is -0.497. The van der Waals surface area contributed by atoms with E-state index in [9.17, 15) is 4.79 Å². The Bertz CT molecular complexity index is 950. The molecule has 4 rings (SSSR count). The summed E-state index contributed by atoms with van der Waals surface area (Å²) in [6.45, 7) is 0.258. The van der Waals surface area contributed by atoms with E-state index in [1.165, 1.54) is 0 Å². The normalized spacial score (nSPS) is 19.1. The van der Waals surface area contributed by atoms with E-state index in [1.807, 2.05) is 36.4 Å². The van der Waals surface area contributed by atoms with E-state index < -0.39 is 6.23 Å². The maximum atomic E-state index is 12.3. The molecule has 0 aliphatic carbocycles. The molecule has 4 nitrogen and oxygen atoms in total. The molecular formula is C19H14Cl2N2O2. The number of nitrogens with zero attached hydrogens (tertiary/aromatic N) is 1. The number of halogens is 2. The van der Waals surface area contributed by atoms with Crippen LogP contribution in [-0.2, 0) is 9.53 Å². The van der Waals surface area contributed by atoms with Gasteiger partial charge in [0.05, 0.1) is 12.3 Å². The Balaban J connectivity index is 1.98. The number of rotatable bonds is 2. The van der Waals surface area contributed by atoms with Crippen LogP contribution in [0.1, 0.15) is 16.7 Å². The largest absolute Gasteiger partial charge is 0.357 e. The zero-order valence-electron chi connectivity index (χ0n) is 13.3. The monoisotopic (exact) mass is 372 g/mol. The topological polar surface area (TPSA) is 50.7 Å². The number of amides is 1. The SMILES string of the molecule is COC1NC(=O)C2=C1c1ccc(Cl)cc1C(c1ccccc1Cl)=NC2. The Morgan fingerprint density at radius 3 is 2.68 bits per heavy atom. The Morgan fingerprint density at radius 1 is 1.12 bits per heavy atom. The van der Waals surface area contributed by atoms with Gasteiger partial charge in [-0.1, -0.05) is 47.5 Å².